The van der Waals surface area contributed by atoms with E-state index in [1.165, 1.54) is 0 Å². The predicted molar refractivity (Wildman–Crippen MR) is 46.2 cm³/mol. The molecule has 13 heteroatoms. The molecule has 0 aromatic rings. The molecule has 2 atom stereocenters. The summed E-state index contributed by atoms with van der Waals surface area (Å²) in [7, 11) is -9.87. The Kier molecular flexibility index (Phi) is 4.26. The summed E-state index contributed by atoms with van der Waals surface area (Å²) in [5, 5.41) is 2.30. The van der Waals surface area contributed by atoms with E-state index in [2.05, 4.69) is 15.8 Å². The molecule has 0 rings (SSSR count). The molecule has 11 nitrogen and oxygen atoms in total. The van der Waals surface area contributed by atoms with Crippen molar-refractivity contribution >= 4 is 27.6 Å². The second-order valence-electron chi connectivity index (χ2n) is 2.07. The van der Waals surface area contributed by atoms with Crippen LogP contribution >= 0.6 is 15.5 Å². The van der Waals surface area contributed by atoms with Crippen LogP contribution in [0.5, 0.6) is 0 Å². The standard InChI is InChI=1S/C2H8N4O7P2/c3-1(7)5-14(9,10)13-15(11,12)6-2(4)8/h(H4,3,5,7,9,10)(H4,4,6,8,11,12). The fourth-order valence-electron chi connectivity index (χ4n) is 0.469. The van der Waals surface area contributed by atoms with Gasteiger partial charge in [-0.15, -0.1) is 0 Å². The third kappa shape index (κ3) is 6.89. The average Bonchev–Trinajstić information content (AvgIpc) is 1.73. The van der Waals surface area contributed by atoms with Crippen LogP contribution < -0.4 is 21.6 Å². The Balaban J connectivity index is 4.57. The molecule has 2 unspecified atom stereocenters. The lowest BCUT2D eigenvalue weighted by atomic mass is 11.2. The van der Waals surface area contributed by atoms with Gasteiger partial charge in [0.1, 0.15) is 0 Å². The quantitative estimate of drug-likeness (QED) is 0.333. The van der Waals surface area contributed by atoms with E-state index >= 15 is 0 Å². The smallest absolute Gasteiger partial charge is 0.351 e. The molecule has 0 spiro atoms. The topological polar surface area (TPSA) is 194 Å². The molecule has 0 aliphatic heterocycles. The normalized spacial score (nSPS) is 18.3. The fraction of sp³-hybridized carbons (Fsp3) is 0. The first-order valence-electron chi connectivity index (χ1n) is 3.06. The van der Waals surface area contributed by atoms with E-state index in [9.17, 15) is 18.7 Å². The van der Waals surface area contributed by atoms with Crippen molar-refractivity contribution in [2.75, 3.05) is 0 Å². The van der Waals surface area contributed by atoms with Crippen LogP contribution in [0, 0.1) is 0 Å². The van der Waals surface area contributed by atoms with Crippen molar-refractivity contribution in [2.24, 2.45) is 11.5 Å². The maximum Gasteiger partial charge on any atom is 0.442 e. The van der Waals surface area contributed by atoms with Gasteiger partial charge in [0, 0.05) is 0 Å². The highest BCUT2D eigenvalue weighted by Crippen LogP contribution is 2.54. The molecule has 0 bridgehead atoms. The Bertz CT molecular complexity index is 332. The Morgan fingerprint density at radius 2 is 1.27 bits per heavy atom. The van der Waals surface area contributed by atoms with Crippen LogP contribution in [0.1, 0.15) is 0 Å². The third-order valence-electron chi connectivity index (χ3n) is 0.724. The Hall–Kier alpha value is -1.12. The molecule has 0 saturated heterocycles. The number of carbonyl (C=O) groups excluding carboxylic acids is 2. The number of nitrogens with two attached hydrogens (primary N) is 2. The van der Waals surface area contributed by atoms with Gasteiger partial charge in [0.25, 0.3) is 0 Å². The fourth-order valence-corrected chi connectivity index (χ4v) is 2.55. The van der Waals surface area contributed by atoms with Gasteiger partial charge in [-0.1, -0.05) is 0 Å². The lowest BCUT2D eigenvalue weighted by molar-refractivity contribution is 0.247. The van der Waals surface area contributed by atoms with Gasteiger partial charge in [0.15, 0.2) is 0 Å². The first kappa shape index (κ1) is 13.9. The number of carbonyl (C=O) groups is 2. The van der Waals surface area contributed by atoms with Crippen LogP contribution in [0.2, 0.25) is 0 Å². The minimum atomic E-state index is -4.93. The molecule has 0 aliphatic carbocycles. The van der Waals surface area contributed by atoms with Crippen LogP contribution in [0.25, 0.3) is 0 Å². The van der Waals surface area contributed by atoms with Crippen molar-refractivity contribution in [1.29, 1.82) is 0 Å². The minimum absolute atomic E-state index is 1.15. The van der Waals surface area contributed by atoms with Gasteiger partial charge in [-0.25, -0.2) is 28.9 Å². The molecule has 4 amide bonds. The van der Waals surface area contributed by atoms with Gasteiger partial charge in [-0.2, -0.15) is 4.31 Å². The minimum Gasteiger partial charge on any atom is -0.351 e. The maximum absolute atomic E-state index is 10.8. The first-order valence-corrected chi connectivity index (χ1v) is 6.22. The Morgan fingerprint density at radius 3 is 1.47 bits per heavy atom. The highest BCUT2D eigenvalue weighted by atomic mass is 31.3. The first-order chi connectivity index (χ1) is 6.54. The zero-order valence-corrected chi connectivity index (χ0v) is 8.77. The lowest BCUT2D eigenvalue weighted by Gasteiger charge is -2.15. The summed E-state index contributed by atoms with van der Waals surface area (Å²) in [5.41, 5.74) is 8.91. The number of urea groups is 2. The summed E-state index contributed by atoms with van der Waals surface area (Å²) >= 11 is 0. The van der Waals surface area contributed by atoms with Crippen molar-refractivity contribution in [1.82, 2.24) is 10.2 Å². The Morgan fingerprint density at radius 1 is 1.00 bits per heavy atom. The van der Waals surface area contributed by atoms with Crippen LogP contribution in [-0.2, 0) is 13.4 Å². The summed E-state index contributed by atoms with van der Waals surface area (Å²) < 4.78 is 25.3. The second-order valence-corrected chi connectivity index (χ2v) is 5.26. The highest BCUT2D eigenvalue weighted by Gasteiger charge is 2.34. The predicted octanol–water partition coefficient (Wildman–Crippen LogP) is -1.46. The van der Waals surface area contributed by atoms with E-state index in [0.717, 1.165) is 10.2 Å². The molecule has 0 aromatic carbocycles. The van der Waals surface area contributed by atoms with Crippen molar-refractivity contribution in [2.45, 2.75) is 0 Å². The van der Waals surface area contributed by atoms with Crippen molar-refractivity contribution in [3.8, 4) is 0 Å². The van der Waals surface area contributed by atoms with E-state index < -0.39 is 27.6 Å². The summed E-state index contributed by atoms with van der Waals surface area (Å²) in [6.07, 6.45) is 0. The zero-order valence-electron chi connectivity index (χ0n) is 6.98. The SMILES string of the molecule is NC(=O)NP(=O)(O)OP(=O)(O)NC(N)=O. The summed E-state index contributed by atoms with van der Waals surface area (Å²) in [5.74, 6) is 0. The largest absolute Gasteiger partial charge is 0.442 e. The third-order valence-corrected chi connectivity index (χ3v) is 3.50. The van der Waals surface area contributed by atoms with Crippen LogP contribution in [0.3, 0.4) is 0 Å². The molecule has 15 heavy (non-hydrogen) atoms. The molecule has 88 valence electrons. The number of hydrogen-bond acceptors (Lipinski definition) is 5. The van der Waals surface area contributed by atoms with E-state index in [1.807, 2.05) is 0 Å². The van der Waals surface area contributed by atoms with Crippen LogP contribution in [-0.4, -0.2) is 21.8 Å². The molecule has 0 aromatic heterocycles. The van der Waals surface area contributed by atoms with E-state index in [4.69, 9.17) is 9.79 Å². The van der Waals surface area contributed by atoms with Gasteiger partial charge in [-0.3, -0.25) is 0 Å². The number of rotatable bonds is 4. The van der Waals surface area contributed by atoms with Gasteiger partial charge in [0.05, 0.1) is 0 Å². The molecule has 0 aliphatic rings. The summed E-state index contributed by atoms with van der Waals surface area (Å²) in [4.78, 5) is 37.7. The molecule has 0 heterocycles. The van der Waals surface area contributed by atoms with E-state index in [1.54, 1.807) is 0 Å². The number of hydrogen-bond donors (Lipinski definition) is 6. The Labute approximate surface area is 82.9 Å². The van der Waals surface area contributed by atoms with Gasteiger partial charge in [-0.05, 0) is 0 Å². The summed E-state index contributed by atoms with van der Waals surface area (Å²) in [6.45, 7) is 0. The van der Waals surface area contributed by atoms with E-state index in [0.29, 0.717) is 0 Å². The number of nitrogens with one attached hydrogen (secondary N) is 2. The second kappa shape index (κ2) is 4.60. The lowest BCUT2D eigenvalue weighted by Crippen LogP contribution is -2.30. The molecular formula is C2H8N4O7P2. The molecular weight excluding hydrogens is 254 g/mol. The number of amides is 4. The zero-order chi connectivity index (χ0) is 12.3. The van der Waals surface area contributed by atoms with Crippen LogP contribution in [0.4, 0.5) is 9.59 Å². The van der Waals surface area contributed by atoms with Gasteiger partial charge >= 0.3 is 27.6 Å². The monoisotopic (exact) mass is 262 g/mol. The number of primary amides is 2. The van der Waals surface area contributed by atoms with Crippen molar-refractivity contribution in [3.05, 3.63) is 0 Å². The highest BCUT2D eigenvalue weighted by molar-refractivity contribution is 7.64. The van der Waals surface area contributed by atoms with Gasteiger partial charge < -0.3 is 21.3 Å². The average molecular weight is 262 g/mol. The maximum atomic E-state index is 10.8. The van der Waals surface area contributed by atoms with Gasteiger partial charge in [0.2, 0.25) is 0 Å². The molecule has 0 fully saturated rings. The van der Waals surface area contributed by atoms with Crippen molar-refractivity contribution in [3.63, 3.8) is 0 Å². The molecule has 0 saturated carbocycles. The molecule has 0 radical (unpaired) electrons. The summed E-state index contributed by atoms with van der Waals surface area (Å²) in [6, 6.07) is -2.92. The van der Waals surface area contributed by atoms with Crippen molar-refractivity contribution < 1.29 is 32.8 Å². The van der Waals surface area contributed by atoms with Crippen LogP contribution in [0.15, 0.2) is 0 Å². The van der Waals surface area contributed by atoms with E-state index in [-0.39, 0.29) is 0 Å². The molecule has 8 N–H and O–H groups in total.